The predicted octanol–water partition coefficient (Wildman–Crippen LogP) is 1.63. The highest BCUT2D eigenvalue weighted by molar-refractivity contribution is 5.85. The first-order valence-electron chi connectivity index (χ1n) is 4.46. The summed E-state index contributed by atoms with van der Waals surface area (Å²) in [7, 11) is 0. The number of hydrogen-bond acceptors (Lipinski definition) is 2. The van der Waals surface area contributed by atoms with Gasteiger partial charge >= 0.3 is 0 Å². The number of carbonyl (C=O) groups is 1. The van der Waals surface area contributed by atoms with Crippen LogP contribution in [0.5, 0.6) is 0 Å². The zero-order valence-electron chi connectivity index (χ0n) is 7.80. The number of piperidine rings is 1. The maximum absolute atomic E-state index is 11.5. The fourth-order valence-corrected chi connectivity index (χ4v) is 1.57. The van der Waals surface area contributed by atoms with Gasteiger partial charge in [0.2, 0.25) is 0 Å². The molecule has 1 atom stereocenters. The number of Topliss-reactive ketones (excluding diaryl/α,β-unsaturated/α-hetero) is 1. The third-order valence-electron chi connectivity index (χ3n) is 2.27. The van der Waals surface area contributed by atoms with E-state index in [1.165, 1.54) is 0 Å². The molecular formula is C9H18ClNO. The topological polar surface area (TPSA) is 29.1 Å². The minimum Gasteiger partial charge on any atom is -0.316 e. The van der Waals surface area contributed by atoms with Gasteiger partial charge in [0.15, 0.2) is 0 Å². The molecule has 2 nitrogen and oxygen atoms in total. The monoisotopic (exact) mass is 191 g/mol. The zero-order valence-corrected chi connectivity index (χ0v) is 8.62. The molecule has 0 aliphatic carbocycles. The molecule has 0 radical (unpaired) electrons. The van der Waals surface area contributed by atoms with Gasteiger partial charge in [0, 0.05) is 18.4 Å². The molecule has 1 saturated heterocycles. The van der Waals surface area contributed by atoms with Crippen LogP contribution in [-0.2, 0) is 4.79 Å². The molecule has 0 aromatic rings. The van der Waals surface area contributed by atoms with Crippen LogP contribution in [0.15, 0.2) is 0 Å². The normalized spacial score (nSPS) is 23.4. The van der Waals surface area contributed by atoms with Gasteiger partial charge in [0.1, 0.15) is 5.78 Å². The average molecular weight is 192 g/mol. The van der Waals surface area contributed by atoms with Crippen LogP contribution in [0.4, 0.5) is 0 Å². The van der Waals surface area contributed by atoms with Crippen LogP contribution in [0.2, 0.25) is 0 Å². The molecule has 0 amide bonds. The Hall–Kier alpha value is -0.0800. The number of rotatable bonds is 2. The van der Waals surface area contributed by atoms with Gasteiger partial charge in [-0.3, -0.25) is 4.79 Å². The van der Waals surface area contributed by atoms with Crippen molar-refractivity contribution in [3.05, 3.63) is 0 Å². The molecule has 1 aliphatic rings. The third-order valence-corrected chi connectivity index (χ3v) is 2.27. The molecule has 0 saturated carbocycles. The van der Waals surface area contributed by atoms with E-state index in [-0.39, 0.29) is 18.3 Å². The number of nitrogens with one attached hydrogen (secondary N) is 1. The van der Waals surface area contributed by atoms with E-state index >= 15 is 0 Å². The van der Waals surface area contributed by atoms with Gasteiger partial charge in [-0.1, -0.05) is 13.8 Å². The quantitative estimate of drug-likeness (QED) is 0.719. The standard InChI is InChI=1S/C9H17NO.ClH/c1-7(2)9(11)8-4-3-5-10-6-8;/h7-8,10H,3-6H2,1-2H3;1H/t8-;/m0./s1. The van der Waals surface area contributed by atoms with Crippen molar-refractivity contribution in [2.45, 2.75) is 26.7 Å². The van der Waals surface area contributed by atoms with Gasteiger partial charge in [-0.25, -0.2) is 0 Å². The molecule has 0 aromatic carbocycles. The van der Waals surface area contributed by atoms with E-state index in [4.69, 9.17) is 0 Å². The maximum atomic E-state index is 11.5. The number of carbonyl (C=O) groups excluding carboxylic acids is 1. The molecule has 1 N–H and O–H groups in total. The van der Waals surface area contributed by atoms with Gasteiger partial charge in [-0.15, -0.1) is 12.4 Å². The minimum absolute atomic E-state index is 0. The fourth-order valence-electron chi connectivity index (χ4n) is 1.57. The lowest BCUT2D eigenvalue weighted by Crippen LogP contribution is -2.36. The Balaban J connectivity index is 0.00000121. The van der Waals surface area contributed by atoms with Gasteiger partial charge in [0.05, 0.1) is 0 Å². The van der Waals surface area contributed by atoms with Crippen LogP contribution in [0.3, 0.4) is 0 Å². The Morgan fingerprint density at radius 3 is 2.58 bits per heavy atom. The Labute approximate surface area is 80.5 Å². The molecule has 1 heterocycles. The van der Waals surface area contributed by atoms with Crippen LogP contribution in [0.1, 0.15) is 26.7 Å². The van der Waals surface area contributed by atoms with Crippen LogP contribution >= 0.6 is 12.4 Å². The summed E-state index contributed by atoms with van der Waals surface area (Å²) in [5.74, 6) is 0.931. The second-order valence-electron chi connectivity index (χ2n) is 3.60. The minimum atomic E-state index is 0. The van der Waals surface area contributed by atoms with E-state index in [1.807, 2.05) is 13.8 Å². The molecule has 3 heteroatoms. The van der Waals surface area contributed by atoms with Crippen LogP contribution < -0.4 is 5.32 Å². The molecule has 1 fully saturated rings. The Morgan fingerprint density at radius 2 is 2.17 bits per heavy atom. The summed E-state index contributed by atoms with van der Waals surface area (Å²) in [5, 5.41) is 3.25. The smallest absolute Gasteiger partial charge is 0.139 e. The Morgan fingerprint density at radius 1 is 1.50 bits per heavy atom. The molecule has 72 valence electrons. The van der Waals surface area contributed by atoms with Crippen molar-refractivity contribution >= 4 is 18.2 Å². The van der Waals surface area contributed by atoms with Crippen LogP contribution in [0.25, 0.3) is 0 Å². The summed E-state index contributed by atoms with van der Waals surface area (Å²) in [6, 6.07) is 0. The lowest BCUT2D eigenvalue weighted by molar-refractivity contribution is -0.126. The van der Waals surface area contributed by atoms with Crippen molar-refractivity contribution in [1.82, 2.24) is 5.32 Å². The van der Waals surface area contributed by atoms with Crippen molar-refractivity contribution in [2.24, 2.45) is 11.8 Å². The van der Waals surface area contributed by atoms with Crippen LogP contribution in [-0.4, -0.2) is 18.9 Å². The van der Waals surface area contributed by atoms with Crippen molar-refractivity contribution in [3.63, 3.8) is 0 Å². The average Bonchev–Trinajstić information content (AvgIpc) is 2.05. The van der Waals surface area contributed by atoms with Crippen molar-refractivity contribution < 1.29 is 4.79 Å². The summed E-state index contributed by atoms with van der Waals surface area (Å²) in [5.41, 5.74) is 0. The molecular weight excluding hydrogens is 174 g/mol. The van der Waals surface area contributed by atoms with E-state index in [0.717, 1.165) is 25.9 Å². The largest absolute Gasteiger partial charge is 0.316 e. The lowest BCUT2D eigenvalue weighted by atomic mass is 9.89. The van der Waals surface area contributed by atoms with Gasteiger partial charge in [-0.2, -0.15) is 0 Å². The zero-order chi connectivity index (χ0) is 8.27. The summed E-state index contributed by atoms with van der Waals surface area (Å²) in [6.07, 6.45) is 2.24. The first-order chi connectivity index (χ1) is 5.22. The maximum Gasteiger partial charge on any atom is 0.139 e. The highest BCUT2D eigenvalue weighted by Crippen LogP contribution is 2.14. The van der Waals surface area contributed by atoms with Crippen molar-refractivity contribution in [3.8, 4) is 0 Å². The van der Waals surface area contributed by atoms with E-state index in [2.05, 4.69) is 5.32 Å². The second-order valence-corrected chi connectivity index (χ2v) is 3.60. The molecule has 12 heavy (non-hydrogen) atoms. The second kappa shape index (κ2) is 5.55. The molecule has 1 rings (SSSR count). The van der Waals surface area contributed by atoms with Crippen molar-refractivity contribution in [2.75, 3.05) is 13.1 Å². The van der Waals surface area contributed by atoms with E-state index < -0.39 is 0 Å². The summed E-state index contributed by atoms with van der Waals surface area (Å²) < 4.78 is 0. The Kier molecular flexibility index (Phi) is 5.51. The number of hydrogen-bond donors (Lipinski definition) is 1. The van der Waals surface area contributed by atoms with E-state index in [9.17, 15) is 4.79 Å². The molecule has 0 aromatic heterocycles. The lowest BCUT2D eigenvalue weighted by Gasteiger charge is -2.22. The van der Waals surface area contributed by atoms with Crippen LogP contribution in [0, 0.1) is 11.8 Å². The molecule has 1 aliphatic heterocycles. The van der Waals surface area contributed by atoms with Gasteiger partial charge in [0.25, 0.3) is 0 Å². The highest BCUT2D eigenvalue weighted by Gasteiger charge is 2.22. The molecule has 0 spiro atoms. The number of halogens is 1. The fraction of sp³-hybridized carbons (Fsp3) is 0.889. The highest BCUT2D eigenvalue weighted by atomic mass is 35.5. The molecule has 0 bridgehead atoms. The third kappa shape index (κ3) is 3.11. The predicted molar refractivity (Wildman–Crippen MR) is 52.7 cm³/mol. The van der Waals surface area contributed by atoms with Crippen molar-refractivity contribution in [1.29, 1.82) is 0 Å². The first-order valence-corrected chi connectivity index (χ1v) is 4.46. The SMILES string of the molecule is CC(C)C(=O)[C@H]1CCCNC1.Cl. The summed E-state index contributed by atoms with van der Waals surface area (Å²) in [6.45, 7) is 5.95. The van der Waals surface area contributed by atoms with E-state index in [1.54, 1.807) is 0 Å². The summed E-state index contributed by atoms with van der Waals surface area (Å²) in [4.78, 5) is 11.5. The van der Waals surface area contributed by atoms with Gasteiger partial charge in [-0.05, 0) is 19.4 Å². The molecule has 0 unspecified atom stereocenters. The first kappa shape index (κ1) is 11.9. The van der Waals surface area contributed by atoms with E-state index in [0.29, 0.717) is 11.7 Å². The summed E-state index contributed by atoms with van der Waals surface area (Å²) >= 11 is 0. The Bertz CT molecular complexity index is 141. The number of ketones is 1. The van der Waals surface area contributed by atoms with Gasteiger partial charge < -0.3 is 5.32 Å².